The molecule has 0 N–H and O–H groups in total. The molecule has 0 unspecified atom stereocenters. The molecule has 0 aliphatic heterocycles. The molecule has 11 rings (SSSR count). The van der Waals surface area contributed by atoms with Crippen molar-refractivity contribution < 1.29 is 4.42 Å². The first-order chi connectivity index (χ1) is 26.8. The van der Waals surface area contributed by atoms with Crippen LogP contribution in [0.4, 0.5) is 17.2 Å². The molecule has 2 aromatic heterocycles. The quantitative estimate of drug-likeness (QED) is 0.169. The number of benzene rings is 9. The third-order valence-corrected chi connectivity index (χ3v) is 10.9. The highest BCUT2D eigenvalue weighted by Gasteiger charge is 2.21. The maximum atomic E-state index is 6.57. The minimum absolute atomic E-state index is 0.747. The molecular formula is C51H32N2O. The molecule has 3 heteroatoms. The molecular weight excluding hydrogens is 657 g/mol. The fourth-order valence-corrected chi connectivity index (χ4v) is 8.36. The number of hydrogen-bond acceptors (Lipinski definition) is 3. The van der Waals surface area contributed by atoms with Gasteiger partial charge < -0.3 is 4.42 Å². The molecule has 0 fully saturated rings. The van der Waals surface area contributed by atoms with E-state index in [1.54, 1.807) is 0 Å². The van der Waals surface area contributed by atoms with Gasteiger partial charge in [0.05, 0.1) is 0 Å². The minimum atomic E-state index is 0.747. The summed E-state index contributed by atoms with van der Waals surface area (Å²) in [6.07, 6.45) is 1.89. The van der Waals surface area contributed by atoms with Gasteiger partial charge in [0, 0.05) is 28.3 Å². The Hall–Kier alpha value is -7.23. The Labute approximate surface area is 312 Å². The summed E-state index contributed by atoms with van der Waals surface area (Å²) in [6.45, 7) is 0. The summed E-state index contributed by atoms with van der Waals surface area (Å²) in [5, 5.41) is 12.1. The van der Waals surface area contributed by atoms with Crippen molar-refractivity contribution in [2.24, 2.45) is 0 Å². The number of aromatic nitrogens is 1. The Morgan fingerprint density at radius 3 is 1.35 bits per heavy atom. The van der Waals surface area contributed by atoms with Crippen molar-refractivity contribution in [2.45, 2.75) is 0 Å². The van der Waals surface area contributed by atoms with Crippen LogP contribution in [-0.2, 0) is 0 Å². The van der Waals surface area contributed by atoms with Gasteiger partial charge in [-0.2, -0.15) is 0 Å². The van der Waals surface area contributed by atoms with Crippen molar-refractivity contribution in [1.29, 1.82) is 0 Å². The Morgan fingerprint density at radius 1 is 0.370 bits per heavy atom. The number of pyridine rings is 1. The zero-order valence-electron chi connectivity index (χ0n) is 29.3. The summed E-state index contributed by atoms with van der Waals surface area (Å²) < 4.78 is 6.57. The van der Waals surface area contributed by atoms with Crippen molar-refractivity contribution in [1.82, 2.24) is 4.98 Å². The average Bonchev–Trinajstić information content (AvgIpc) is 3.63. The summed E-state index contributed by atoms with van der Waals surface area (Å²) in [7, 11) is 0. The van der Waals surface area contributed by atoms with Crippen LogP contribution in [-0.4, -0.2) is 4.98 Å². The number of furan rings is 1. The lowest BCUT2D eigenvalue weighted by Gasteiger charge is -2.25. The molecule has 11 aromatic rings. The van der Waals surface area contributed by atoms with Gasteiger partial charge in [-0.15, -0.1) is 0 Å². The van der Waals surface area contributed by atoms with E-state index in [1.165, 1.54) is 54.2 Å². The van der Waals surface area contributed by atoms with Crippen LogP contribution in [0.5, 0.6) is 0 Å². The van der Waals surface area contributed by atoms with E-state index in [9.17, 15) is 0 Å². The third kappa shape index (κ3) is 4.79. The van der Waals surface area contributed by atoms with Gasteiger partial charge in [0.25, 0.3) is 0 Å². The zero-order chi connectivity index (χ0) is 35.6. The fraction of sp³-hybridized carbons (Fsp3) is 0. The first-order valence-electron chi connectivity index (χ1n) is 18.4. The molecule has 0 radical (unpaired) electrons. The van der Waals surface area contributed by atoms with Gasteiger partial charge in [0.15, 0.2) is 11.4 Å². The van der Waals surface area contributed by atoms with E-state index in [-0.39, 0.29) is 0 Å². The standard InChI is InChI=1S/C51H32N2O/c1-3-13-39-35(11-1)31-47(43-17-7-5-15-41(39)43)33-21-25-37(26-22-33)53(51-50-46(29-30-52-51)45-19-9-10-20-49(45)54-50)38-27-23-34(24-28-38)48-32-36-12-2-4-14-40(36)42-16-6-8-18-44(42)48/h1-32H. The first-order valence-corrected chi connectivity index (χ1v) is 18.4. The van der Waals surface area contributed by atoms with E-state index in [0.29, 0.717) is 0 Å². The molecule has 3 nitrogen and oxygen atoms in total. The second-order valence-electron chi connectivity index (χ2n) is 13.9. The van der Waals surface area contributed by atoms with Crippen molar-refractivity contribution in [3.05, 3.63) is 194 Å². The molecule has 0 spiro atoms. The number of fused-ring (bicyclic) bond motifs is 9. The van der Waals surface area contributed by atoms with Crippen molar-refractivity contribution in [3.8, 4) is 22.3 Å². The molecule has 252 valence electrons. The maximum Gasteiger partial charge on any atom is 0.181 e. The van der Waals surface area contributed by atoms with E-state index in [1.807, 2.05) is 24.4 Å². The first kappa shape index (κ1) is 30.4. The van der Waals surface area contributed by atoms with Gasteiger partial charge in [-0.25, -0.2) is 4.98 Å². The third-order valence-electron chi connectivity index (χ3n) is 10.9. The summed E-state index contributed by atoms with van der Waals surface area (Å²) in [5.74, 6) is 0.747. The molecule has 0 aliphatic carbocycles. The number of hydrogen-bond donors (Lipinski definition) is 0. The number of para-hydroxylation sites is 1. The van der Waals surface area contributed by atoms with Crippen molar-refractivity contribution >= 4 is 82.2 Å². The van der Waals surface area contributed by atoms with E-state index in [4.69, 9.17) is 9.40 Å². The Bertz CT molecular complexity index is 3050. The van der Waals surface area contributed by atoms with Crippen LogP contribution in [0, 0.1) is 0 Å². The SMILES string of the molecule is c1ccc2c(c1)cc(-c1ccc(N(c3ccc(-c4cc5ccccc5c5ccccc45)cc3)c3nccc4c3oc3ccccc34)cc1)c1ccccc12. The van der Waals surface area contributed by atoms with E-state index >= 15 is 0 Å². The molecule has 0 atom stereocenters. The minimum Gasteiger partial charge on any atom is -0.452 e. The van der Waals surface area contributed by atoms with Crippen LogP contribution in [0.3, 0.4) is 0 Å². The molecule has 0 saturated heterocycles. The van der Waals surface area contributed by atoms with Gasteiger partial charge in [-0.05, 0) is 114 Å². The number of nitrogens with zero attached hydrogens (tertiary/aromatic N) is 2. The Kier molecular flexibility index (Phi) is 6.86. The monoisotopic (exact) mass is 688 g/mol. The van der Waals surface area contributed by atoms with Gasteiger partial charge >= 0.3 is 0 Å². The van der Waals surface area contributed by atoms with E-state index in [2.05, 4.69) is 175 Å². The van der Waals surface area contributed by atoms with Crippen LogP contribution >= 0.6 is 0 Å². The lowest BCUT2D eigenvalue weighted by Crippen LogP contribution is -2.11. The lowest BCUT2D eigenvalue weighted by atomic mass is 9.93. The second kappa shape index (κ2) is 12.2. The van der Waals surface area contributed by atoms with Crippen LogP contribution in [0.25, 0.3) is 87.3 Å². The highest BCUT2D eigenvalue weighted by atomic mass is 16.3. The maximum absolute atomic E-state index is 6.57. The molecule has 0 saturated carbocycles. The summed E-state index contributed by atoms with van der Waals surface area (Å²) in [5.41, 5.74) is 8.34. The topological polar surface area (TPSA) is 29.3 Å². The van der Waals surface area contributed by atoms with Crippen LogP contribution in [0.15, 0.2) is 199 Å². The van der Waals surface area contributed by atoms with E-state index < -0.39 is 0 Å². The Morgan fingerprint density at radius 2 is 0.815 bits per heavy atom. The van der Waals surface area contributed by atoms with Crippen molar-refractivity contribution in [2.75, 3.05) is 4.90 Å². The molecule has 0 amide bonds. The van der Waals surface area contributed by atoms with Gasteiger partial charge in [0.1, 0.15) is 5.58 Å². The Balaban J connectivity index is 1.08. The molecule has 2 heterocycles. The van der Waals surface area contributed by atoms with Gasteiger partial charge in [-0.1, -0.05) is 140 Å². The highest BCUT2D eigenvalue weighted by molar-refractivity contribution is 6.15. The van der Waals surface area contributed by atoms with Gasteiger partial charge in [-0.3, -0.25) is 4.90 Å². The fourth-order valence-electron chi connectivity index (χ4n) is 8.36. The normalized spacial score (nSPS) is 11.7. The lowest BCUT2D eigenvalue weighted by molar-refractivity contribution is 0.667. The molecule has 54 heavy (non-hydrogen) atoms. The number of anilines is 3. The number of rotatable bonds is 5. The molecule has 9 aromatic carbocycles. The second-order valence-corrected chi connectivity index (χ2v) is 13.9. The predicted octanol–water partition coefficient (Wildman–Crippen LogP) is 14.4. The predicted molar refractivity (Wildman–Crippen MR) is 227 cm³/mol. The average molecular weight is 689 g/mol. The van der Waals surface area contributed by atoms with Gasteiger partial charge in [0.2, 0.25) is 0 Å². The molecule has 0 aliphatic rings. The molecule has 0 bridgehead atoms. The van der Waals surface area contributed by atoms with Crippen LogP contribution < -0.4 is 4.90 Å². The van der Waals surface area contributed by atoms with Crippen molar-refractivity contribution in [3.63, 3.8) is 0 Å². The largest absolute Gasteiger partial charge is 0.452 e. The summed E-state index contributed by atoms with van der Waals surface area (Å²) in [4.78, 5) is 7.22. The smallest absolute Gasteiger partial charge is 0.181 e. The summed E-state index contributed by atoms with van der Waals surface area (Å²) >= 11 is 0. The van der Waals surface area contributed by atoms with Crippen LogP contribution in [0.1, 0.15) is 0 Å². The highest BCUT2D eigenvalue weighted by Crippen LogP contribution is 2.43. The summed E-state index contributed by atoms with van der Waals surface area (Å²) in [6, 6.07) is 67.3. The zero-order valence-corrected chi connectivity index (χ0v) is 29.3. The van der Waals surface area contributed by atoms with Crippen LogP contribution in [0.2, 0.25) is 0 Å². The van der Waals surface area contributed by atoms with E-state index in [0.717, 1.165) is 50.3 Å².